The van der Waals surface area contributed by atoms with Gasteiger partial charge in [-0.15, -0.1) is 0 Å². The molecule has 0 atom stereocenters. The Hall–Kier alpha value is -3.17. The Morgan fingerprint density at radius 2 is 1.91 bits per heavy atom. The van der Waals surface area contributed by atoms with E-state index in [1.54, 1.807) is 12.3 Å². The minimum atomic E-state index is -1.91. The number of halogens is 2. The number of anilines is 4. The molecule has 2 N–H and O–H groups in total. The largest absolute Gasteiger partial charge is 0.324 e. The molecule has 0 bridgehead atoms. The molecule has 0 saturated carbocycles. The predicted octanol–water partition coefficient (Wildman–Crippen LogP) is 4.88. The molecule has 7 nitrogen and oxygen atoms in total. The van der Waals surface area contributed by atoms with Gasteiger partial charge in [-0.1, -0.05) is 6.07 Å². The standard InChI is InChI=1S/C25H29F2N7/c1-15(2)33-14-18-13-29-24(30-19-6-5-16-9-10-28-12-17(16)11-19)32-23(18)34(33)21-8-7-20(26)22(31-21)25(3,4)27/h5-8,11,13,15,28H,9-10,12,14H2,1-4H3,(H,29,30,32). The Labute approximate surface area is 198 Å². The fourth-order valence-electron chi connectivity index (χ4n) is 4.43. The first kappa shape index (κ1) is 22.6. The summed E-state index contributed by atoms with van der Waals surface area (Å²) in [6.45, 7) is 9.12. The average Bonchev–Trinajstić information content (AvgIpc) is 3.18. The van der Waals surface area contributed by atoms with Crippen molar-refractivity contribution >= 4 is 23.3 Å². The molecule has 1 aromatic carbocycles. The van der Waals surface area contributed by atoms with Crippen molar-refractivity contribution in [2.45, 2.75) is 58.9 Å². The van der Waals surface area contributed by atoms with Crippen molar-refractivity contribution in [3.05, 3.63) is 64.7 Å². The molecule has 2 aromatic heterocycles. The highest BCUT2D eigenvalue weighted by atomic mass is 19.1. The van der Waals surface area contributed by atoms with Gasteiger partial charge in [-0.2, -0.15) is 4.98 Å². The molecule has 4 heterocycles. The number of nitrogens with one attached hydrogen (secondary N) is 2. The number of hydrogen-bond donors (Lipinski definition) is 2. The monoisotopic (exact) mass is 465 g/mol. The van der Waals surface area contributed by atoms with E-state index in [1.165, 1.54) is 31.0 Å². The van der Waals surface area contributed by atoms with Crippen molar-refractivity contribution in [1.29, 1.82) is 0 Å². The number of hydrogen-bond acceptors (Lipinski definition) is 7. The van der Waals surface area contributed by atoms with Crippen LogP contribution in [0, 0.1) is 5.82 Å². The van der Waals surface area contributed by atoms with E-state index in [2.05, 4.69) is 51.6 Å². The molecule has 5 rings (SSSR count). The van der Waals surface area contributed by atoms with E-state index in [0.29, 0.717) is 24.1 Å². The summed E-state index contributed by atoms with van der Waals surface area (Å²) in [5, 5.41) is 10.6. The number of rotatable bonds is 5. The predicted molar refractivity (Wildman–Crippen MR) is 128 cm³/mol. The fourth-order valence-corrected chi connectivity index (χ4v) is 4.43. The highest BCUT2D eigenvalue weighted by Gasteiger charge is 2.35. The van der Waals surface area contributed by atoms with Crippen LogP contribution in [0.2, 0.25) is 0 Å². The van der Waals surface area contributed by atoms with Gasteiger partial charge in [0.2, 0.25) is 5.95 Å². The number of fused-ring (bicyclic) bond motifs is 2. The number of pyridine rings is 1. The lowest BCUT2D eigenvalue weighted by Gasteiger charge is -2.32. The minimum Gasteiger partial charge on any atom is -0.324 e. The van der Waals surface area contributed by atoms with Gasteiger partial charge < -0.3 is 10.6 Å². The second-order valence-electron chi connectivity index (χ2n) is 9.55. The zero-order chi connectivity index (χ0) is 24.0. The van der Waals surface area contributed by atoms with Crippen LogP contribution in [0.4, 0.5) is 32.1 Å². The van der Waals surface area contributed by atoms with Crippen LogP contribution >= 0.6 is 0 Å². The Morgan fingerprint density at radius 1 is 1.09 bits per heavy atom. The highest BCUT2D eigenvalue weighted by Crippen LogP contribution is 2.38. The second kappa shape index (κ2) is 8.56. The first-order valence-corrected chi connectivity index (χ1v) is 11.6. The van der Waals surface area contributed by atoms with E-state index in [1.807, 2.05) is 11.1 Å². The average molecular weight is 466 g/mol. The van der Waals surface area contributed by atoms with Gasteiger partial charge in [-0.05, 0) is 76.1 Å². The van der Waals surface area contributed by atoms with Gasteiger partial charge in [0, 0.05) is 36.6 Å². The Morgan fingerprint density at radius 3 is 2.68 bits per heavy atom. The third kappa shape index (κ3) is 4.21. The Bertz CT molecular complexity index is 1220. The molecule has 0 fully saturated rings. The number of hydrazine groups is 1. The van der Waals surface area contributed by atoms with Crippen LogP contribution in [0.1, 0.15) is 50.1 Å². The number of aromatic nitrogens is 3. The third-order valence-corrected chi connectivity index (χ3v) is 6.19. The van der Waals surface area contributed by atoms with Crippen LogP contribution < -0.4 is 15.6 Å². The maximum absolute atomic E-state index is 14.7. The van der Waals surface area contributed by atoms with E-state index in [4.69, 9.17) is 4.98 Å². The van der Waals surface area contributed by atoms with Gasteiger partial charge in [-0.3, -0.25) is 0 Å². The summed E-state index contributed by atoms with van der Waals surface area (Å²) < 4.78 is 29.0. The smallest absolute Gasteiger partial charge is 0.229 e. The molecule has 0 spiro atoms. The van der Waals surface area contributed by atoms with Crippen molar-refractivity contribution < 1.29 is 8.78 Å². The summed E-state index contributed by atoms with van der Waals surface area (Å²) >= 11 is 0. The summed E-state index contributed by atoms with van der Waals surface area (Å²) in [6.07, 6.45) is 2.82. The SMILES string of the molecule is CC(C)N1Cc2cnc(Nc3ccc4c(c3)CNCC4)nc2N1c1ccc(F)c(C(C)(C)F)n1. The summed E-state index contributed by atoms with van der Waals surface area (Å²) in [5.41, 5.74) is 2.31. The molecule has 2 aliphatic heterocycles. The normalized spacial score (nSPS) is 16.0. The van der Waals surface area contributed by atoms with Crippen molar-refractivity contribution in [3.63, 3.8) is 0 Å². The van der Waals surface area contributed by atoms with Gasteiger partial charge in [0.25, 0.3) is 0 Å². The zero-order valence-corrected chi connectivity index (χ0v) is 19.9. The second-order valence-corrected chi connectivity index (χ2v) is 9.55. The maximum atomic E-state index is 14.7. The highest BCUT2D eigenvalue weighted by molar-refractivity contribution is 5.65. The molecule has 178 valence electrons. The summed E-state index contributed by atoms with van der Waals surface area (Å²) in [5.74, 6) is 0.844. The third-order valence-electron chi connectivity index (χ3n) is 6.19. The summed E-state index contributed by atoms with van der Waals surface area (Å²) in [7, 11) is 0. The number of nitrogens with zero attached hydrogens (tertiary/aromatic N) is 5. The Balaban J connectivity index is 1.51. The molecule has 0 unspecified atom stereocenters. The number of benzene rings is 1. The van der Waals surface area contributed by atoms with Crippen molar-refractivity contribution in [1.82, 2.24) is 25.3 Å². The number of alkyl halides is 1. The summed E-state index contributed by atoms with van der Waals surface area (Å²) in [4.78, 5) is 13.7. The van der Waals surface area contributed by atoms with Crippen LogP contribution in [0.25, 0.3) is 0 Å². The van der Waals surface area contributed by atoms with Crippen LogP contribution in [-0.4, -0.2) is 32.5 Å². The first-order chi connectivity index (χ1) is 16.2. The van der Waals surface area contributed by atoms with Crippen LogP contribution in [0.3, 0.4) is 0 Å². The van der Waals surface area contributed by atoms with E-state index in [0.717, 1.165) is 30.8 Å². The molecule has 3 aromatic rings. The molecular weight excluding hydrogens is 436 g/mol. The van der Waals surface area contributed by atoms with Gasteiger partial charge >= 0.3 is 0 Å². The molecule has 9 heteroatoms. The van der Waals surface area contributed by atoms with Gasteiger partial charge in [0.1, 0.15) is 23.0 Å². The fraction of sp³-hybridized carbons (Fsp3) is 0.400. The lowest BCUT2D eigenvalue weighted by molar-refractivity contribution is 0.204. The van der Waals surface area contributed by atoms with Crippen molar-refractivity contribution in [3.8, 4) is 0 Å². The van der Waals surface area contributed by atoms with Gasteiger partial charge in [0.15, 0.2) is 5.82 Å². The molecule has 0 amide bonds. The molecule has 34 heavy (non-hydrogen) atoms. The lowest BCUT2D eigenvalue weighted by atomic mass is 10.0. The van der Waals surface area contributed by atoms with Crippen LogP contribution in [-0.2, 0) is 25.2 Å². The van der Waals surface area contributed by atoms with E-state index < -0.39 is 11.5 Å². The molecule has 0 aliphatic carbocycles. The first-order valence-electron chi connectivity index (χ1n) is 11.6. The van der Waals surface area contributed by atoms with Crippen molar-refractivity contribution in [2.24, 2.45) is 0 Å². The van der Waals surface area contributed by atoms with Crippen LogP contribution in [0.15, 0.2) is 36.5 Å². The Kier molecular flexibility index (Phi) is 5.69. The summed E-state index contributed by atoms with van der Waals surface area (Å²) in [6, 6.07) is 9.22. The van der Waals surface area contributed by atoms with Crippen LogP contribution in [0.5, 0.6) is 0 Å². The van der Waals surface area contributed by atoms with Gasteiger partial charge in [0.05, 0.1) is 0 Å². The van der Waals surface area contributed by atoms with Crippen molar-refractivity contribution in [2.75, 3.05) is 16.9 Å². The molecule has 0 radical (unpaired) electrons. The molecule has 2 aliphatic rings. The van der Waals surface area contributed by atoms with Gasteiger partial charge in [-0.25, -0.2) is 28.8 Å². The quantitative estimate of drug-likeness (QED) is 0.556. The van der Waals surface area contributed by atoms with E-state index >= 15 is 0 Å². The maximum Gasteiger partial charge on any atom is 0.229 e. The van der Waals surface area contributed by atoms with E-state index in [9.17, 15) is 8.78 Å². The molecular formula is C25H29F2N7. The lowest BCUT2D eigenvalue weighted by Crippen LogP contribution is -2.40. The zero-order valence-electron chi connectivity index (χ0n) is 19.9. The molecule has 0 saturated heterocycles. The van der Waals surface area contributed by atoms with E-state index in [-0.39, 0.29) is 11.7 Å². The topological polar surface area (TPSA) is 69.2 Å². The minimum absolute atomic E-state index is 0.104.